The van der Waals surface area contributed by atoms with Crippen LogP contribution < -0.4 is 5.48 Å². The number of alkyl halides is 1. The number of hydrogen-bond acceptors (Lipinski definition) is 2. The lowest BCUT2D eigenvalue weighted by molar-refractivity contribution is -0.128. The van der Waals surface area contributed by atoms with Gasteiger partial charge in [0.05, 0.1) is 0 Å². The van der Waals surface area contributed by atoms with Gasteiger partial charge in [0.25, 0.3) is 0 Å². The maximum absolute atomic E-state index is 9.97. The third-order valence-corrected chi connectivity index (χ3v) is 0.635. The molecule has 3 nitrogen and oxygen atoms in total. The number of hydrogen-bond donors (Lipinski definition) is 2. The Morgan fingerprint density at radius 1 is 1.67 bits per heavy atom. The van der Waals surface area contributed by atoms with Gasteiger partial charge in [-0.05, 0) is 0 Å². The Kier molecular flexibility index (Phi) is 13.6. The molecule has 4 heteroatoms. The maximum atomic E-state index is 9.97. The summed E-state index contributed by atoms with van der Waals surface area (Å²) in [5.74, 6) is -0.207. The first-order valence-electron chi connectivity index (χ1n) is 2.80. The molecule has 0 aliphatic heterocycles. The Hall–Kier alpha value is -0.280. The van der Waals surface area contributed by atoms with Crippen LogP contribution in [0.15, 0.2) is 0 Å². The molecule has 0 radical (unpaired) electrons. The normalized spacial score (nSPS) is 7.11. The average Bonchev–Trinajstić information content (AvgIpc) is 1.93. The monoisotopic (exact) mass is 153 g/mol. The van der Waals surface area contributed by atoms with Crippen LogP contribution in [0.5, 0.6) is 0 Å². The number of nitrogens with one attached hydrogen (secondary N) is 1. The van der Waals surface area contributed by atoms with Crippen LogP contribution in [0.4, 0.5) is 0 Å². The van der Waals surface area contributed by atoms with Crippen LogP contribution in [-0.2, 0) is 4.79 Å². The van der Waals surface area contributed by atoms with Gasteiger partial charge in [0.15, 0.2) is 0 Å². The van der Waals surface area contributed by atoms with Crippen molar-refractivity contribution in [3.63, 3.8) is 0 Å². The van der Waals surface area contributed by atoms with Crippen molar-refractivity contribution in [3.8, 4) is 0 Å². The summed E-state index contributed by atoms with van der Waals surface area (Å²) in [5.41, 5.74) is 1.44. The molecule has 0 saturated heterocycles. The van der Waals surface area contributed by atoms with Gasteiger partial charge in [-0.1, -0.05) is 13.8 Å². The second-order valence-corrected chi connectivity index (χ2v) is 1.35. The van der Waals surface area contributed by atoms with E-state index in [1.807, 2.05) is 13.8 Å². The van der Waals surface area contributed by atoms with Gasteiger partial charge in [-0.2, -0.15) is 0 Å². The molecule has 0 aliphatic rings. The molecule has 0 aromatic carbocycles. The van der Waals surface area contributed by atoms with Crippen LogP contribution in [0.1, 0.15) is 20.3 Å². The number of amides is 1. The fourth-order valence-corrected chi connectivity index (χ4v) is 0.313. The fourth-order valence-electron chi connectivity index (χ4n) is 0.142. The third-order valence-electron chi connectivity index (χ3n) is 0.446. The number of rotatable bonds is 2. The average molecular weight is 154 g/mol. The highest BCUT2D eigenvalue weighted by Gasteiger charge is 1.92. The predicted molar refractivity (Wildman–Crippen MR) is 36.6 cm³/mol. The van der Waals surface area contributed by atoms with Gasteiger partial charge < -0.3 is 0 Å². The summed E-state index contributed by atoms with van der Waals surface area (Å²) in [4.78, 5) is 9.97. The fraction of sp³-hybridized carbons (Fsp3) is 0.800. The van der Waals surface area contributed by atoms with Crippen molar-refractivity contribution in [2.75, 3.05) is 5.88 Å². The largest absolute Gasteiger partial charge is 0.289 e. The van der Waals surface area contributed by atoms with Gasteiger partial charge in [0.2, 0.25) is 5.91 Å². The molecule has 0 unspecified atom stereocenters. The number of carbonyl (C=O) groups is 1. The van der Waals surface area contributed by atoms with Gasteiger partial charge in [-0.25, -0.2) is 5.48 Å². The van der Waals surface area contributed by atoms with E-state index in [1.165, 1.54) is 5.48 Å². The molecule has 0 spiro atoms. The lowest BCUT2D eigenvalue weighted by atomic mass is 10.5. The first-order chi connectivity index (χ1) is 4.31. The Morgan fingerprint density at radius 3 is 2.22 bits per heavy atom. The van der Waals surface area contributed by atoms with E-state index in [0.717, 1.165) is 0 Å². The highest BCUT2D eigenvalue weighted by Crippen LogP contribution is 1.80. The van der Waals surface area contributed by atoms with Crippen molar-refractivity contribution < 1.29 is 10.0 Å². The zero-order valence-corrected chi connectivity index (χ0v) is 6.40. The lowest BCUT2D eigenvalue weighted by Gasteiger charge is -1.89. The van der Waals surface area contributed by atoms with Gasteiger partial charge in [0.1, 0.15) is 0 Å². The van der Waals surface area contributed by atoms with Crippen LogP contribution in [0, 0.1) is 0 Å². The molecule has 0 rings (SSSR count). The van der Waals surface area contributed by atoms with E-state index in [0.29, 0.717) is 0 Å². The summed E-state index contributed by atoms with van der Waals surface area (Å²) in [6, 6.07) is 0. The summed E-state index contributed by atoms with van der Waals surface area (Å²) in [7, 11) is 0. The van der Waals surface area contributed by atoms with Crippen LogP contribution in [0.3, 0.4) is 0 Å². The number of hydroxylamine groups is 1. The maximum Gasteiger partial charge on any atom is 0.244 e. The van der Waals surface area contributed by atoms with Gasteiger partial charge in [-0.3, -0.25) is 10.0 Å². The van der Waals surface area contributed by atoms with Gasteiger partial charge in [0, 0.05) is 12.3 Å². The summed E-state index contributed by atoms with van der Waals surface area (Å²) in [5, 5.41) is 7.81. The van der Waals surface area contributed by atoms with E-state index < -0.39 is 5.91 Å². The molecule has 0 aromatic rings. The lowest BCUT2D eigenvalue weighted by Crippen LogP contribution is -2.18. The SMILES string of the molecule is CC.O=C(CCCl)NO. The van der Waals surface area contributed by atoms with E-state index in [1.54, 1.807) is 0 Å². The molecule has 1 amide bonds. The number of carbonyl (C=O) groups excluding carboxylic acids is 1. The summed E-state index contributed by atoms with van der Waals surface area (Å²) in [6.07, 6.45) is 0.165. The summed E-state index contributed by atoms with van der Waals surface area (Å²) < 4.78 is 0. The van der Waals surface area contributed by atoms with E-state index in [9.17, 15) is 4.79 Å². The quantitative estimate of drug-likeness (QED) is 0.355. The van der Waals surface area contributed by atoms with Gasteiger partial charge >= 0.3 is 0 Å². The molecule has 9 heavy (non-hydrogen) atoms. The van der Waals surface area contributed by atoms with Crippen LogP contribution >= 0.6 is 11.6 Å². The van der Waals surface area contributed by atoms with Crippen LogP contribution in [-0.4, -0.2) is 17.0 Å². The first-order valence-corrected chi connectivity index (χ1v) is 3.33. The predicted octanol–water partition coefficient (Wildman–Crippen LogP) is 1.15. The molecule has 2 N–H and O–H groups in total. The van der Waals surface area contributed by atoms with Crippen molar-refractivity contribution in [2.24, 2.45) is 0 Å². The Morgan fingerprint density at radius 2 is 2.11 bits per heavy atom. The van der Waals surface area contributed by atoms with E-state index in [2.05, 4.69) is 0 Å². The number of halogens is 1. The highest BCUT2D eigenvalue weighted by molar-refractivity contribution is 6.18. The molecule has 0 atom stereocenters. The van der Waals surface area contributed by atoms with E-state index in [4.69, 9.17) is 16.8 Å². The molecule has 0 aromatic heterocycles. The smallest absolute Gasteiger partial charge is 0.244 e. The Balaban J connectivity index is 0. The molecule has 56 valence electrons. The third kappa shape index (κ3) is 11.3. The van der Waals surface area contributed by atoms with Crippen molar-refractivity contribution in [1.29, 1.82) is 0 Å². The second kappa shape index (κ2) is 10.7. The van der Waals surface area contributed by atoms with Crippen LogP contribution in [0.2, 0.25) is 0 Å². The van der Waals surface area contributed by atoms with Crippen molar-refractivity contribution in [3.05, 3.63) is 0 Å². The minimum Gasteiger partial charge on any atom is -0.289 e. The zero-order chi connectivity index (χ0) is 7.70. The van der Waals surface area contributed by atoms with E-state index in [-0.39, 0.29) is 12.3 Å². The van der Waals surface area contributed by atoms with Gasteiger partial charge in [-0.15, -0.1) is 11.6 Å². The first kappa shape index (κ1) is 11.5. The zero-order valence-electron chi connectivity index (χ0n) is 5.65. The molecule has 0 heterocycles. The second-order valence-electron chi connectivity index (χ2n) is 0.974. The molecule has 0 fully saturated rings. The van der Waals surface area contributed by atoms with E-state index >= 15 is 0 Å². The molecule has 0 saturated carbocycles. The topological polar surface area (TPSA) is 49.3 Å². The van der Waals surface area contributed by atoms with Crippen LogP contribution in [0.25, 0.3) is 0 Å². The minimum absolute atomic E-state index is 0.165. The molecular formula is C5H12ClNO2. The summed E-state index contributed by atoms with van der Waals surface area (Å²) in [6.45, 7) is 4.00. The standard InChI is InChI=1S/C3H6ClNO2.C2H6/c4-2-1-3(6)5-7;1-2/h7H,1-2H2,(H,5,6);1-2H3. The molecule has 0 aliphatic carbocycles. The Bertz CT molecular complexity index is 68.0. The highest BCUT2D eigenvalue weighted by atomic mass is 35.5. The molecular weight excluding hydrogens is 142 g/mol. The molecule has 0 bridgehead atoms. The minimum atomic E-state index is -0.449. The Labute approximate surface area is 60.0 Å². The van der Waals surface area contributed by atoms with Crippen molar-refractivity contribution in [2.45, 2.75) is 20.3 Å². The summed E-state index contributed by atoms with van der Waals surface area (Å²) >= 11 is 5.10. The van der Waals surface area contributed by atoms with Crippen molar-refractivity contribution in [1.82, 2.24) is 5.48 Å². The van der Waals surface area contributed by atoms with Crippen molar-refractivity contribution >= 4 is 17.5 Å².